The number of amides is 1. The van der Waals surface area contributed by atoms with Crippen molar-refractivity contribution in [2.24, 2.45) is 0 Å². The van der Waals surface area contributed by atoms with Gasteiger partial charge in [-0.1, -0.05) is 17.7 Å². The van der Waals surface area contributed by atoms with E-state index in [1.54, 1.807) is 26.4 Å². The highest BCUT2D eigenvalue weighted by Gasteiger charge is 2.57. The zero-order chi connectivity index (χ0) is 23.8. The van der Waals surface area contributed by atoms with E-state index in [2.05, 4.69) is 11.9 Å². The minimum absolute atomic E-state index is 0.127. The molecule has 1 fully saturated rings. The molecule has 1 aliphatic carbocycles. The number of carboxylic acid groups (broad SMARTS) is 1. The number of hydrogen-bond acceptors (Lipinski definition) is 6. The van der Waals surface area contributed by atoms with E-state index in [9.17, 15) is 14.7 Å². The van der Waals surface area contributed by atoms with Crippen LogP contribution < -0.4 is 4.90 Å². The second kappa shape index (κ2) is 9.72. The summed E-state index contributed by atoms with van der Waals surface area (Å²) in [6.07, 6.45) is 1.13. The van der Waals surface area contributed by atoms with Crippen molar-refractivity contribution in [3.8, 4) is 0 Å². The Kier molecular flexibility index (Phi) is 7.12. The van der Waals surface area contributed by atoms with Gasteiger partial charge in [0.05, 0.1) is 21.4 Å². The summed E-state index contributed by atoms with van der Waals surface area (Å²) in [5, 5.41) is 10.5. The molecule has 4 rings (SSSR count). The predicted molar refractivity (Wildman–Crippen MR) is 129 cm³/mol. The van der Waals surface area contributed by atoms with Gasteiger partial charge in [0.2, 0.25) is 0 Å². The van der Waals surface area contributed by atoms with Crippen LogP contribution in [0.3, 0.4) is 0 Å². The van der Waals surface area contributed by atoms with Crippen molar-refractivity contribution >= 4 is 40.5 Å². The number of carboxylic acids is 1. The molecule has 178 valence electrons. The first-order chi connectivity index (χ1) is 15.8. The molecule has 2 unspecified atom stereocenters. The molecular formula is C24H29ClN2O5S. The zero-order valence-electron chi connectivity index (χ0n) is 19.0. The number of ether oxygens (including phenoxy) is 2. The fourth-order valence-corrected chi connectivity index (χ4v) is 5.97. The maximum atomic E-state index is 13.9. The Morgan fingerprint density at radius 2 is 1.73 bits per heavy atom. The van der Waals surface area contributed by atoms with Gasteiger partial charge in [-0.05, 0) is 55.3 Å². The monoisotopic (exact) mass is 492 g/mol. The number of methoxy groups -OCH3 is 2. The molecule has 1 aliphatic heterocycles. The highest BCUT2D eigenvalue weighted by molar-refractivity contribution is 7.18. The van der Waals surface area contributed by atoms with Gasteiger partial charge >= 0.3 is 5.97 Å². The van der Waals surface area contributed by atoms with Crippen LogP contribution >= 0.6 is 22.9 Å². The van der Waals surface area contributed by atoms with Crippen LogP contribution in [0.1, 0.15) is 33.6 Å². The number of fused-ring (bicyclic) bond motifs is 1. The number of halogens is 1. The summed E-state index contributed by atoms with van der Waals surface area (Å²) in [6.45, 7) is 1.87. The summed E-state index contributed by atoms with van der Waals surface area (Å²) >= 11 is 7.26. The minimum Gasteiger partial charge on any atom is -0.479 e. The molecule has 2 atom stereocenters. The number of rotatable bonds is 6. The third kappa shape index (κ3) is 4.55. The van der Waals surface area contributed by atoms with Crippen LogP contribution in [0.15, 0.2) is 30.3 Å². The number of carbonyl (C=O) groups excluding carboxylic acids is 1. The highest BCUT2D eigenvalue weighted by atomic mass is 35.5. The third-order valence-electron chi connectivity index (χ3n) is 6.88. The Bertz CT molecular complexity index is 1030. The van der Waals surface area contributed by atoms with E-state index in [0.717, 1.165) is 42.8 Å². The van der Waals surface area contributed by atoms with E-state index in [1.165, 1.54) is 10.5 Å². The van der Waals surface area contributed by atoms with Crippen LogP contribution in [-0.2, 0) is 27.1 Å². The number of aliphatic carboxylic acids is 1. The molecule has 0 radical (unpaired) electrons. The summed E-state index contributed by atoms with van der Waals surface area (Å²) in [7, 11) is 5.17. The summed E-state index contributed by atoms with van der Waals surface area (Å²) < 4.78 is 11.6. The third-order valence-corrected chi connectivity index (χ3v) is 8.10. The molecule has 2 heterocycles. The smallest absolute Gasteiger partial charge is 0.330 e. The summed E-state index contributed by atoms with van der Waals surface area (Å²) in [6, 6.07) is 9.17. The number of likely N-dealkylation sites (N-methyl/N-ethyl adjacent to an activating group) is 1. The Labute approximate surface area is 202 Å². The molecule has 33 heavy (non-hydrogen) atoms. The van der Waals surface area contributed by atoms with Gasteiger partial charge in [0.1, 0.15) is 0 Å². The van der Waals surface area contributed by atoms with Gasteiger partial charge in [0, 0.05) is 45.8 Å². The first-order valence-corrected chi connectivity index (χ1v) is 12.2. The van der Waals surface area contributed by atoms with E-state index in [0.29, 0.717) is 14.9 Å². The van der Waals surface area contributed by atoms with Gasteiger partial charge in [0.25, 0.3) is 5.91 Å². The van der Waals surface area contributed by atoms with Crippen molar-refractivity contribution in [2.45, 2.75) is 43.4 Å². The van der Waals surface area contributed by atoms with Gasteiger partial charge in [-0.3, -0.25) is 9.69 Å². The largest absolute Gasteiger partial charge is 0.479 e. The summed E-state index contributed by atoms with van der Waals surface area (Å²) in [4.78, 5) is 30.8. The standard InChI is InChI=1S/C24H29ClN2O5S/c1-26-10-8-15-4-5-17(12-16(15)9-11-26)27(22(28)20-6-7-21(25)33-20)24(23(29)30)13-18(31-2)19(14-24)32-3/h4-7,12,18-19H,8-11,13-14H2,1-3H3,(H,29,30). The van der Waals surface area contributed by atoms with E-state index in [1.807, 2.05) is 18.2 Å². The van der Waals surface area contributed by atoms with E-state index in [-0.39, 0.29) is 18.7 Å². The van der Waals surface area contributed by atoms with Crippen LogP contribution in [0, 0.1) is 0 Å². The molecule has 1 amide bonds. The van der Waals surface area contributed by atoms with Crippen molar-refractivity contribution < 1.29 is 24.2 Å². The first kappa shape index (κ1) is 24.2. The van der Waals surface area contributed by atoms with Gasteiger partial charge in [-0.2, -0.15) is 0 Å². The summed E-state index contributed by atoms with van der Waals surface area (Å²) in [5.41, 5.74) is 1.44. The average molecular weight is 493 g/mol. The number of hydrogen-bond donors (Lipinski definition) is 1. The lowest BCUT2D eigenvalue weighted by Crippen LogP contribution is -2.56. The minimum atomic E-state index is -1.51. The van der Waals surface area contributed by atoms with Gasteiger partial charge < -0.3 is 19.5 Å². The second-order valence-electron chi connectivity index (χ2n) is 8.79. The van der Waals surface area contributed by atoms with Crippen molar-refractivity contribution in [3.63, 3.8) is 0 Å². The van der Waals surface area contributed by atoms with E-state index >= 15 is 0 Å². The maximum absolute atomic E-state index is 13.9. The lowest BCUT2D eigenvalue weighted by molar-refractivity contribution is -0.143. The topological polar surface area (TPSA) is 79.3 Å². The molecular weight excluding hydrogens is 464 g/mol. The molecule has 0 spiro atoms. The summed E-state index contributed by atoms with van der Waals surface area (Å²) in [5.74, 6) is -1.46. The number of anilines is 1. The van der Waals surface area contributed by atoms with E-state index < -0.39 is 23.7 Å². The normalized spacial score (nSPS) is 25.5. The molecule has 9 heteroatoms. The lowest BCUT2D eigenvalue weighted by atomic mass is 9.92. The van der Waals surface area contributed by atoms with Gasteiger partial charge in [-0.25, -0.2) is 4.79 Å². The van der Waals surface area contributed by atoms with Crippen LogP contribution in [0.25, 0.3) is 0 Å². The average Bonchev–Trinajstić information content (AvgIpc) is 3.36. The Hall–Kier alpha value is -1.97. The van der Waals surface area contributed by atoms with Crippen LogP contribution in [0.5, 0.6) is 0 Å². The fourth-order valence-electron chi connectivity index (χ4n) is 5.00. The number of carbonyl (C=O) groups is 2. The van der Waals surface area contributed by atoms with E-state index in [4.69, 9.17) is 21.1 Å². The molecule has 0 bridgehead atoms. The quantitative estimate of drug-likeness (QED) is 0.662. The SMILES string of the molecule is COC1CC(C(=O)O)(N(C(=O)c2ccc(Cl)s2)c2ccc3c(c2)CCN(C)CC3)CC1OC. The number of nitrogens with zero attached hydrogens (tertiary/aromatic N) is 2. The van der Waals surface area contributed by atoms with Crippen LogP contribution in [-0.4, -0.2) is 74.0 Å². The van der Waals surface area contributed by atoms with Crippen molar-refractivity contribution in [2.75, 3.05) is 39.3 Å². The molecule has 2 aromatic rings. The van der Waals surface area contributed by atoms with Crippen LogP contribution in [0.2, 0.25) is 4.34 Å². The van der Waals surface area contributed by atoms with Crippen molar-refractivity contribution in [3.05, 3.63) is 50.7 Å². The molecule has 1 aromatic carbocycles. The number of thiophene rings is 1. The molecule has 1 saturated carbocycles. The molecule has 1 aromatic heterocycles. The van der Waals surface area contributed by atoms with Crippen molar-refractivity contribution in [1.82, 2.24) is 4.90 Å². The Balaban J connectivity index is 1.84. The van der Waals surface area contributed by atoms with Gasteiger partial charge in [-0.15, -0.1) is 11.3 Å². The Morgan fingerprint density at radius 1 is 1.09 bits per heavy atom. The Morgan fingerprint density at radius 3 is 2.27 bits per heavy atom. The zero-order valence-corrected chi connectivity index (χ0v) is 20.6. The number of benzene rings is 1. The maximum Gasteiger partial charge on any atom is 0.330 e. The molecule has 7 nitrogen and oxygen atoms in total. The first-order valence-electron chi connectivity index (χ1n) is 11.0. The van der Waals surface area contributed by atoms with Crippen LogP contribution in [0.4, 0.5) is 5.69 Å². The van der Waals surface area contributed by atoms with Gasteiger partial charge in [0.15, 0.2) is 5.54 Å². The highest BCUT2D eigenvalue weighted by Crippen LogP contribution is 2.43. The molecule has 0 saturated heterocycles. The predicted octanol–water partition coefficient (Wildman–Crippen LogP) is 3.73. The fraction of sp³-hybridized carbons (Fsp3) is 0.500. The lowest BCUT2D eigenvalue weighted by Gasteiger charge is -2.38. The molecule has 1 N–H and O–H groups in total. The van der Waals surface area contributed by atoms with Crippen molar-refractivity contribution in [1.29, 1.82) is 0 Å². The second-order valence-corrected chi connectivity index (χ2v) is 10.5. The molecule has 2 aliphatic rings.